The number of nitriles is 1. The number of hydrogen-bond donors (Lipinski definition) is 1. The van der Waals surface area contributed by atoms with Crippen LogP contribution in [0.4, 0.5) is 0 Å². The lowest BCUT2D eigenvalue weighted by Gasteiger charge is -2.02. The first-order chi connectivity index (χ1) is 6.69. The zero-order chi connectivity index (χ0) is 10.6. The van der Waals surface area contributed by atoms with Crippen molar-refractivity contribution in [1.29, 1.82) is 5.26 Å². The van der Waals surface area contributed by atoms with Gasteiger partial charge in [-0.25, -0.2) is 0 Å². The molecule has 0 aromatic heterocycles. The quantitative estimate of drug-likeness (QED) is 0.521. The summed E-state index contributed by atoms with van der Waals surface area (Å²) >= 11 is 7.37. The van der Waals surface area contributed by atoms with Gasteiger partial charge in [0.2, 0.25) is 0 Å². The summed E-state index contributed by atoms with van der Waals surface area (Å²) in [6, 6.07) is 6.89. The van der Waals surface area contributed by atoms with E-state index in [-0.39, 0.29) is 5.78 Å². The van der Waals surface area contributed by atoms with Gasteiger partial charge in [-0.2, -0.15) is 5.26 Å². The molecule has 0 saturated carbocycles. The largest absolute Gasteiger partial charge is 0.294 e. The number of rotatable bonds is 3. The van der Waals surface area contributed by atoms with Crippen LogP contribution in [0.25, 0.3) is 0 Å². The average molecular weight is 270 g/mol. The Kier molecular flexibility index (Phi) is 4.18. The fraction of sp³-hybridized carbons (Fsp3) is 0.200. The third kappa shape index (κ3) is 2.60. The second-order valence-electron chi connectivity index (χ2n) is 2.71. The van der Waals surface area contributed by atoms with Crippen LogP contribution in [0.3, 0.4) is 0 Å². The van der Waals surface area contributed by atoms with Crippen molar-refractivity contribution >= 4 is 34.3 Å². The molecular formula is C10H8BrNOS. The molecule has 0 atom stereocenters. The van der Waals surface area contributed by atoms with Crippen molar-refractivity contribution in [3.8, 4) is 6.07 Å². The second-order valence-corrected chi connectivity index (χ2v) is 3.98. The number of nitrogens with zero attached hydrogens (tertiary/aromatic N) is 1. The molecule has 72 valence electrons. The number of thiol groups is 1. The summed E-state index contributed by atoms with van der Waals surface area (Å²) in [5.74, 6) is 0.00368. The van der Waals surface area contributed by atoms with Crippen molar-refractivity contribution in [2.45, 2.75) is 11.3 Å². The number of carbonyl (C=O) groups is 1. The van der Waals surface area contributed by atoms with Gasteiger partial charge < -0.3 is 0 Å². The smallest absolute Gasteiger partial charge is 0.164 e. The van der Waals surface area contributed by atoms with Crippen LogP contribution < -0.4 is 0 Å². The summed E-state index contributed by atoms with van der Waals surface area (Å²) in [7, 11) is 0. The van der Waals surface area contributed by atoms with Gasteiger partial charge in [-0.3, -0.25) is 4.79 Å². The molecule has 0 aliphatic carbocycles. The standard InChI is InChI=1S/C10H8BrNOS/c11-4-3-9(13)8-5-7(6-12)1-2-10(8)14/h1-2,5,14H,3-4H2. The first-order valence-corrected chi connectivity index (χ1v) is 5.58. The van der Waals surface area contributed by atoms with Crippen LogP contribution in [-0.4, -0.2) is 11.1 Å². The van der Waals surface area contributed by atoms with Gasteiger partial charge >= 0.3 is 0 Å². The SMILES string of the molecule is N#Cc1ccc(S)c(C(=O)CCBr)c1. The van der Waals surface area contributed by atoms with Gasteiger partial charge in [0.05, 0.1) is 11.6 Å². The van der Waals surface area contributed by atoms with Crippen LogP contribution in [0.2, 0.25) is 0 Å². The highest BCUT2D eigenvalue weighted by atomic mass is 79.9. The molecule has 1 aromatic rings. The minimum absolute atomic E-state index is 0.00368. The van der Waals surface area contributed by atoms with E-state index in [4.69, 9.17) is 5.26 Å². The maximum absolute atomic E-state index is 11.5. The van der Waals surface area contributed by atoms with E-state index >= 15 is 0 Å². The predicted molar refractivity (Wildman–Crippen MR) is 61.2 cm³/mol. The van der Waals surface area contributed by atoms with Crippen molar-refractivity contribution in [2.75, 3.05) is 5.33 Å². The van der Waals surface area contributed by atoms with E-state index in [2.05, 4.69) is 28.6 Å². The number of Topliss-reactive ketones (excluding diaryl/α,β-unsaturated/α-hetero) is 1. The molecule has 0 heterocycles. The highest BCUT2D eigenvalue weighted by Crippen LogP contribution is 2.17. The number of carbonyl (C=O) groups excluding carboxylic acids is 1. The Morgan fingerprint density at radius 1 is 1.57 bits per heavy atom. The van der Waals surface area contributed by atoms with Crippen molar-refractivity contribution < 1.29 is 4.79 Å². The fourth-order valence-corrected chi connectivity index (χ4v) is 1.67. The minimum atomic E-state index is 0.00368. The number of ketones is 1. The van der Waals surface area contributed by atoms with Crippen LogP contribution in [0, 0.1) is 11.3 Å². The van der Waals surface area contributed by atoms with Crippen LogP contribution in [-0.2, 0) is 0 Å². The van der Waals surface area contributed by atoms with Crippen LogP contribution in [0.5, 0.6) is 0 Å². The maximum Gasteiger partial charge on any atom is 0.164 e. The van der Waals surface area contributed by atoms with Gasteiger partial charge in [-0.05, 0) is 18.2 Å². The first kappa shape index (κ1) is 11.3. The summed E-state index contributed by atoms with van der Waals surface area (Å²) < 4.78 is 0. The molecule has 4 heteroatoms. The molecule has 14 heavy (non-hydrogen) atoms. The van der Waals surface area contributed by atoms with Gasteiger partial charge in [0, 0.05) is 22.2 Å². The zero-order valence-corrected chi connectivity index (χ0v) is 9.81. The lowest BCUT2D eigenvalue weighted by molar-refractivity contribution is 0.0987. The molecule has 0 spiro atoms. The summed E-state index contributed by atoms with van der Waals surface area (Å²) in [5, 5.41) is 9.29. The summed E-state index contributed by atoms with van der Waals surface area (Å²) in [4.78, 5) is 12.2. The first-order valence-electron chi connectivity index (χ1n) is 4.01. The molecular weight excluding hydrogens is 262 g/mol. The number of alkyl halides is 1. The number of benzene rings is 1. The molecule has 0 aliphatic rings. The average Bonchev–Trinajstić information content (AvgIpc) is 2.19. The number of hydrogen-bond acceptors (Lipinski definition) is 3. The summed E-state index contributed by atoms with van der Waals surface area (Å²) in [6.07, 6.45) is 0.419. The maximum atomic E-state index is 11.5. The van der Waals surface area contributed by atoms with E-state index in [0.29, 0.717) is 27.8 Å². The molecule has 1 rings (SSSR count). The van der Waals surface area contributed by atoms with Crippen molar-refractivity contribution in [3.63, 3.8) is 0 Å². The van der Waals surface area contributed by atoms with Crippen molar-refractivity contribution in [2.24, 2.45) is 0 Å². The van der Waals surface area contributed by atoms with E-state index in [0.717, 1.165) is 0 Å². The molecule has 0 amide bonds. The Morgan fingerprint density at radius 2 is 2.29 bits per heavy atom. The zero-order valence-electron chi connectivity index (χ0n) is 7.33. The third-order valence-corrected chi connectivity index (χ3v) is 2.53. The van der Waals surface area contributed by atoms with Crippen molar-refractivity contribution in [1.82, 2.24) is 0 Å². The van der Waals surface area contributed by atoms with E-state index in [1.807, 2.05) is 6.07 Å². The van der Waals surface area contributed by atoms with Gasteiger partial charge in [-0.1, -0.05) is 15.9 Å². The van der Waals surface area contributed by atoms with E-state index in [1.54, 1.807) is 18.2 Å². The Hall–Kier alpha value is -0.790. The third-order valence-electron chi connectivity index (χ3n) is 1.75. The Labute approximate surface area is 96.5 Å². The molecule has 0 unspecified atom stereocenters. The molecule has 0 N–H and O–H groups in total. The highest BCUT2D eigenvalue weighted by molar-refractivity contribution is 9.09. The van der Waals surface area contributed by atoms with Gasteiger partial charge in [0.25, 0.3) is 0 Å². The Bertz CT molecular complexity index is 398. The van der Waals surface area contributed by atoms with E-state index in [1.165, 1.54) is 0 Å². The van der Waals surface area contributed by atoms with Crippen LogP contribution in [0.1, 0.15) is 22.3 Å². The van der Waals surface area contributed by atoms with Gasteiger partial charge in [0.1, 0.15) is 0 Å². The lowest BCUT2D eigenvalue weighted by atomic mass is 10.1. The molecule has 0 aliphatic heterocycles. The molecule has 0 saturated heterocycles. The summed E-state index contributed by atoms with van der Waals surface area (Å²) in [5.41, 5.74) is 1.01. The summed E-state index contributed by atoms with van der Waals surface area (Å²) in [6.45, 7) is 0. The van der Waals surface area contributed by atoms with Crippen LogP contribution >= 0.6 is 28.6 Å². The Morgan fingerprint density at radius 3 is 2.86 bits per heavy atom. The highest BCUT2D eigenvalue weighted by Gasteiger charge is 2.09. The number of halogens is 1. The van der Waals surface area contributed by atoms with Crippen LogP contribution in [0.15, 0.2) is 23.1 Å². The fourth-order valence-electron chi connectivity index (χ4n) is 1.05. The van der Waals surface area contributed by atoms with Gasteiger partial charge in [-0.15, -0.1) is 12.6 Å². The minimum Gasteiger partial charge on any atom is -0.294 e. The normalized spacial score (nSPS) is 9.50. The molecule has 1 aromatic carbocycles. The van der Waals surface area contributed by atoms with Gasteiger partial charge in [0.15, 0.2) is 5.78 Å². The second kappa shape index (κ2) is 5.18. The molecule has 2 nitrogen and oxygen atoms in total. The molecule has 0 bridgehead atoms. The Balaban J connectivity index is 3.07. The van der Waals surface area contributed by atoms with E-state index in [9.17, 15) is 4.79 Å². The molecule has 0 radical (unpaired) electrons. The topological polar surface area (TPSA) is 40.9 Å². The lowest BCUT2D eigenvalue weighted by Crippen LogP contribution is -2.01. The van der Waals surface area contributed by atoms with E-state index < -0.39 is 0 Å². The van der Waals surface area contributed by atoms with Crippen molar-refractivity contribution in [3.05, 3.63) is 29.3 Å². The predicted octanol–water partition coefficient (Wildman–Crippen LogP) is 2.81. The molecule has 0 fully saturated rings. The monoisotopic (exact) mass is 269 g/mol.